The molecule has 3 heterocycles. The van der Waals surface area contributed by atoms with Gasteiger partial charge >= 0.3 is 0 Å². The first kappa shape index (κ1) is 16.5. The van der Waals surface area contributed by atoms with Gasteiger partial charge in [0.1, 0.15) is 5.82 Å². The molecule has 0 unspecified atom stereocenters. The summed E-state index contributed by atoms with van der Waals surface area (Å²) >= 11 is 0. The van der Waals surface area contributed by atoms with E-state index >= 15 is 0 Å². The second kappa shape index (κ2) is 6.07. The van der Waals surface area contributed by atoms with Crippen molar-refractivity contribution >= 4 is 16.8 Å². The van der Waals surface area contributed by atoms with E-state index in [9.17, 15) is 5.11 Å². The minimum atomic E-state index is -0.801. The van der Waals surface area contributed by atoms with E-state index in [0.717, 1.165) is 41.9 Å². The highest BCUT2D eigenvalue weighted by molar-refractivity contribution is 5.74. The average Bonchev–Trinajstić information content (AvgIpc) is 3.27. The van der Waals surface area contributed by atoms with E-state index in [0.29, 0.717) is 18.4 Å². The first-order chi connectivity index (χ1) is 12.0. The lowest BCUT2D eigenvalue weighted by Gasteiger charge is -2.20. The van der Waals surface area contributed by atoms with Crippen molar-refractivity contribution in [1.29, 1.82) is 0 Å². The minimum absolute atomic E-state index is 0.150. The van der Waals surface area contributed by atoms with E-state index in [1.807, 2.05) is 12.3 Å². The molecule has 1 aliphatic rings. The minimum Gasteiger partial charge on any atom is -0.388 e. The number of ether oxygens (including phenoxy) is 1. The van der Waals surface area contributed by atoms with Gasteiger partial charge < -0.3 is 14.8 Å². The Labute approximate surface area is 146 Å². The zero-order valence-corrected chi connectivity index (χ0v) is 14.9. The summed E-state index contributed by atoms with van der Waals surface area (Å²) < 4.78 is 8.10. The molecular formula is C18H25N5O2. The van der Waals surface area contributed by atoms with Crippen LogP contribution in [-0.4, -0.2) is 48.0 Å². The fraction of sp³-hybridized carbons (Fsp3) is 0.611. The molecule has 1 saturated carbocycles. The van der Waals surface area contributed by atoms with Gasteiger partial charge in [0, 0.05) is 12.1 Å². The van der Waals surface area contributed by atoms with Crippen LogP contribution >= 0.6 is 0 Å². The van der Waals surface area contributed by atoms with Crippen LogP contribution in [0.2, 0.25) is 0 Å². The highest BCUT2D eigenvalue weighted by atomic mass is 16.5. The number of hydrogen-bond acceptors (Lipinski definition) is 5. The van der Waals surface area contributed by atoms with Crippen LogP contribution < -0.4 is 0 Å². The highest BCUT2D eigenvalue weighted by Crippen LogP contribution is 2.42. The van der Waals surface area contributed by atoms with Gasteiger partial charge in [-0.25, -0.2) is 4.98 Å². The molecule has 3 atom stereocenters. The Bertz CT molecular complexity index is 878. The molecule has 0 aromatic carbocycles. The van der Waals surface area contributed by atoms with E-state index < -0.39 is 5.60 Å². The van der Waals surface area contributed by atoms with Crippen molar-refractivity contribution in [2.45, 2.75) is 57.7 Å². The van der Waals surface area contributed by atoms with Crippen LogP contribution in [-0.2, 0) is 4.74 Å². The third kappa shape index (κ3) is 3.02. The van der Waals surface area contributed by atoms with Gasteiger partial charge in [-0.1, -0.05) is 13.3 Å². The molecule has 0 spiro atoms. The molecule has 2 N–H and O–H groups in total. The smallest absolute Gasteiger partial charge is 0.179 e. The molecule has 134 valence electrons. The number of hydrogen-bond donors (Lipinski definition) is 2. The first-order valence-electron chi connectivity index (χ1n) is 8.97. The van der Waals surface area contributed by atoms with E-state index in [2.05, 4.69) is 31.5 Å². The predicted molar refractivity (Wildman–Crippen MR) is 94.4 cm³/mol. The number of aromatic amines is 1. The molecule has 0 aliphatic heterocycles. The standard InChI is InChI=1S/C18H25N5O2/c1-4-11-7-12(25-10-18(2,3)24)8-13(11)17-22-21-15-9-20-16-14(23(15)17)5-6-19-16/h5-6,9,11-13,19,24H,4,7-8,10H2,1-3H3/t11-,12+,13+/m1/s1. The molecule has 0 amide bonds. The van der Waals surface area contributed by atoms with Crippen molar-refractivity contribution in [2.24, 2.45) is 5.92 Å². The Morgan fingerprint density at radius 1 is 1.36 bits per heavy atom. The quantitative estimate of drug-likeness (QED) is 0.743. The molecule has 7 nitrogen and oxygen atoms in total. The van der Waals surface area contributed by atoms with Gasteiger partial charge in [-0.05, 0) is 38.7 Å². The van der Waals surface area contributed by atoms with Crippen LogP contribution in [0.3, 0.4) is 0 Å². The summed E-state index contributed by atoms with van der Waals surface area (Å²) in [4.78, 5) is 7.54. The topological polar surface area (TPSA) is 88.3 Å². The lowest BCUT2D eigenvalue weighted by molar-refractivity contribution is -0.0518. The van der Waals surface area contributed by atoms with Crippen molar-refractivity contribution in [2.75, 3.05) is 6.61 Å². The van der Waals surface area contributed by atoms with Crippen molar-refractivity contribution in [1.82, 2.24) is 24.6 Å². The zero-order chi connectivity index (χ0) is 17.6. The molecule has 4 rings (SSSR count). The Balaban J connectivity index is 1.66. The maximum absolute atomic E-state index is 9.93. The maximum Gasteiger partial charge on any atom is 0.179 e. The summed E-state index contributed by atoms with van der Waals surface area (Å²) in [6, 6.07) is 2.01. The van der Waals surface area contributed by atoms with Crippen molar-refractivity contribution < 1.29 is 9.84 Å². The number of rotatable bonds is 5. The van der Waals surface area contributed by atoms with Crippen LogP contribution in [0.4, 0.5) is 0 Å². The summed E-state index contributed by atoms with van der Waals surface area (Å²) in [7, 11) is 0. The van der Waals surface area contributed by atoms with Gasteiger partial charge in [0.2, 0.25) is 0 Å². The number of nitrogens with zero attached hydrogens (tertiary/aromatic N) is 4. The number of aliphatic hydroxyl groups is 1. The second-order valence-corrected chi connectivity index (χ2v) is 7.71. The monoisotopic (exact) mass is 343 g/mol. The normalized spacial score (nSPS) is 24.6. The molecule has 1 aliphatic carbocycles. The largest absolute Gasteiger partial charge is 0.388 e. The summed E-state index contributed by atoms with van der Waals surface area (Å²) in [5.74, 6) is 1.79. The van der Waals surface area contributed by atoms with Crippen LogP contribution in [0.1, 0.15) is 51.8 Å². The Morgan fingerprint density at radius 2 is 2.20 bits per heavy atom. The maximum atomic E-state index is 9.93. The fourth-order valence-electron chi connectivity index (χ4n) is 3.94. The zero-order valence-electron chi connectivity index (χ0n) is 14.9. The molecule has 25 heavy (non-hydrogen) atoms. The third-order valence-electron chi connectivity index (χ3n) is 5.15. The SMILES string of the molecule is CC[C@@H]1C[C@H](OCC(C)(C)O)C[C@@H]1c1nnc2cnc3[nH]ccc3n12. The fourth-order valence-corrected chi connectivity index (χ4v) is 3.94. The Kier molecular flexibility index (Phi) is 4.00. The van der Waals surface area contributed by atoms with Crippen LogP contribution in [0.15, 0.2) is 18.5 Å². The van der Waals surface area contributed by atoms with Crippen molar-refractivity contribution in [3.05, 3.63) is 24.3 Å². The molecule has 0 saturated heterocycles. The van der Waals surface area contributed by atoms with Gasteiger partial charge in [0.25, 0.3) is 0 Å². The summed E-state index contributed by atoms with van der Waals surface area (Å²) in [5, 5.41) is 18.8. The third-order valence-corrected chi connectivity index (χ3v) is 5.15. The molecule has 3 aromatic rings. The number of aromatic nitrogens is 5. The second-order valence-electron chi connectivity index (χ2n) is 7.71. The van der Waals surface area contributed by atoms with Crippen LogP contribution in [0.25, 0.3) is 16.8 Å². The molecule has 0 radical (unpaired) electrons. The lowest BCUT2D eigenvalue weighted by Crippen LogP contribution is -2.28. The summed E-state index contributed by atoms with van der Waals surface area (Å²) in [5.41, 5.74) is 1.82. The predicted octanol–water partition coefficient (Wildman–Crippen LogP) is 2.67. The van der Waals surface area contributed by atoms with Crippen molar-refractivity contribution in [3.8, 4) is 0 Å². The van der Waals surface area contributed by atoms with Gasteiger partial charge in [-0.3, -0.25) is 4.40 Å². The van der Waals surface area contributed by atoms with Gasteiger partial charge in [0.05, 0.1) is 30.0 Å². The van der Waals surface area contributed by atoms with E-state index in [1.165, 1.54) is 0 Å². The molecular weight excluding hydrogens is 318 g/mol. The summed E-state index contributed by atoms with van der Waals surface area (Å²) in [6.07, 6.45) is 6.77. The first-order valence-corrected chi connectivity index (χ1v) is 8.97. The van der Waals surface area contributed by atoms with Crippen LogP contribution in [0.5, 0.6) is 0 Å². The number of H-pyrrole nitrogens is 1. The van der Waals surface area contributed by atoms with Crippen molar-refractivity contribution in [3.63, 3.8) is 0 Å². The van der Waals surface area contributed by atoms with E-state index in [4.69, 9.17) is 4.74 Å². The molecule has 1 fully saturated rings. The summed E-state index contributed by atoms with van der Waals surface area (Å²) in [6.45, 7) is 6.12. The molecule has 0 bridgehead atoms. The highest BCUT2D eigenvalue weighted by Gasteiger charge is 2.38. The van der Waals surface area contributed by atoms with E-state index in [1.54, 1.807) is 20.0 Å². The number of nitrogens with one attached hydrogen (secondary N) is 1. The molecule has 7 heteroatoms. The Hall–Kier alpha value is -1.99. The molecule has 3 aromatic heterocycles. The van der Waals surface area contributed by atoms with Crippen LogP contribution in [0, 0.1) is 5.92 Å². The van der Waals surface area contributed by atoms with Gasteiger partial charge in [-0.15, -0.1) is 10.2 Å². The van der Waals surface area contributed by atoms with E-state index in [-0.39, 0.29) is 6.10 Å². The van der Waals surface area contributed by atoms with Gasteiger partial charge in [0.15, 0.2) is 11.3 Å². The Morgan fingerprint density at radius 3 is 2.96 bits per heavy atom. The van der Waals surface area contributed by atoms with Gasteiger partial charge in [-0.2, -0.15) is 0 Å². The average molecular weight is 343 g/mol. The lowest BCUT2D eigenvalue weighted by atomic mass is 9.93. The number of fused-ring (bicyclic) bond motifs is 3.